The van der Waals surface area contributed by atoms with Gasteiger partial charge in [-0.3, -0.25) is 10.1 Å². The van der Waals surface area contributed by atoms with E-state index in [1.807, 2.05) is 0 Å². The zero-order chi connectivity index (χ0) is 10.6. The molecule has 0 radical (unpaired) electrons. The predicted octanol–water partition coefficient (Wildman–Crippen LogP) is 0.702. The fraction of sp³-hybridized carbons (Fsp3) is 0.375. The molecule has 0 bridgehead atoms. The number of anilines is 1. The first kappa shape index (κ1) is 10.4. The van der Waals surface area contributed by atoms with Gasteiger partial charge in [-0.15, -0.1) is 0 Å². The minimum absolute atomic E-state index is 0.00188. The maximum atomic E-state index is 10.4. The van der Waals surface area contributed by atoms with Crippen LogP contribution in [0.5, 0.6) is 0 Å². The van der Waals surface area contributed by atoms with Gasteiger partial charge >= 0.3 is 0 Å². The second kappa shape index (κ2) is 4.52. The third kappa shape index (κ3) is 2.40. The molecule has 0 saturated carbocycles. The molecular weight excluding hydrogens is 186 g/mol. The summed E-state index contributed by atoms with van der Waals surface area (Å²) in [7, 11) is 0. The Morgan fingerprint density at radius 2 is 2.43 bits per heavy atom. The van der Waals surface area contributed by atoms with Crippen molar-refractivity contribution in [1.29, 1.82) is 0 Å². The highest BCUT2D eigenvalue weighted by Gasteiger charge is 2.08. The molecule has 0 aliphatic heterocycles. The first-order valence-corrected chi connectivity index (χ1v) is 4.11. The summed E-state index contributed by atoms with van der Waals surface area (Å²) in [6, 6.07) is 1.44. The number of nitro groups is 1. The highest BCUT2D eigenvalue weighted by atomic mass is 16.6. The number of aromatic nitrogens is 1. The summed E-state index contributed by atoms with van der Waals surface area (Å²) in [6.45, 7) is 2.10. The van der Waals surface area contributed by atoms with Crippen molar-refractivity contribution in [3.63, 3.8) is 0 Å². The van der Waals surface area contributed by atoms with E-state index in [0.717, 1.165) is 0 Å². The molecule has 0 amide bonds. The molecule has 0 fully saturated rings. The van der Waals surface area contributed by atoms with Gasteiger partial charge in [0.15, 0.2) is 0 Å². The molecule has 76 valence electrons. The Bertz CT molecular complexity index is 341. The van der Waals surface area contributed by atoms with Crippen LogP contribution in [0, 0.1) is 17.0 Å². The highest BCUT2D eigenvalue weighted by molar-refractivity contribution is 5.48. The Kier molecular flexibility index (Phi) is 3.35. The average Bonchev–Trinajstić information content (AvgIpc) is 2.15. The monoisotopic (exact) mass is 197 g/mol. The summed E-state index contributed by atoms with van der Waals surface area (Å²) in [5.41, 5.74) is 0.657. The molecule has 0 aliphatic rings. The van der Waals surface area contributed by atoms with Crippen LogP contribution < -0.4 is 5.32 Å². The van der Waals surface area contributed by atoms with E-state index in [4.69, 9.17) is 5.11 Å². The molecule has 0 aromatic carbocycles. The smallest absolute Gasteiger partial charge is 0.287 e. The molecule has 0 saturated heterocycles. The van der Waals surface area contributed by atoms with Gasteiger partial charge in [0.25, 0.3) is 5.69 Å². The van der Waals surface area contributed by atoms with Gasteiger partial charge in [0.1, 0.15) is 12.0 Å². The molecule has 2 N–H and O–H groups in total. The van der Waals surface area contributed by atoms with Crippen LogP contribution in [0.2, 0.25) is 0 Å². The van der Waals surface area contributed by atoms with Crippen molar-refractivity contribution in [2.75, 3.05) is 18.5 Å². The van der Waals surface area contributed by atoms with Crippen molar-refractivity contribution in [3.05, 3.63) is 27.9 Å². The minimum atomic E-state index is -0.490. The molecule has 14 heavy (non-hydrogen) atoms. The van der Waals surface area contributed by atoms with Crippen LogP contribution in [-0.4, -0.2) is 28.2 Å². The second-order valence-corrected chi connectivity index (χ2v) is 2.77. The number of hydrogen-bond donors (Lipinski definition) is 2. The van der Waals surface area contributed by atoms with Crippen LogP contribution >= 0.6 is 0 Å². The lowest BCUT2D eigenvalue weighted by Crippen LogP contribution is -2.08. The summed E-state index contributed by atoms with van der Waals surface area (Å²) in [6.07, 6.45) is 1.19. The normalized spacial score (nSPS) is 9.86. The fourth-order valence-corrected chi connectivity index (χ4v) is 1.02. The van der Waals surface area contributed by atoms with Gasteiger partial charge in [-0.1, -0.05) is 0 Å². The predicted molar refractivity (Wildman–Crippen MR) is 51.2 cm³/mol. The zero-order valence-corrected chi connectivity index (χ0v) is 7.73. The third-order valence-corrected chi connectivity index (χ3v) is 1.68. The van der Waals surface area contributed by atoms with Gasteiger partial charge in [0.2, 0.25) is 0 Å². The molecule has 0 unspecified atom stereocenters. The first-order valence-electron chi connectivity index (χ1n) is 4.11. The Hall–Kier alpha value is -1.69. The van der Waals surface area contributed by atoms with Crippen LogP contribution in [0.25, 0.3) is 0 Å². The van der Waals surface area contributed by atoms with E-state index in [1.54, 1.807) is 6.92 Å². The Morgan fingerprint density at radius 1 is 1.71 bits per heavy atom. The van der Waals surface area contributed by atoms with Crippen LogP contribution in [-0.2, 0) is 0 Å². The maximum absolute atomic E-state index is 10.4. The molecule has 1 heterocycles. The lowest BCUT2D eigenvalue weighted by atomic mass is 10.2. The molecule has 0 atom stereocenters. The van der Waals surface area contributed by atoms with Crippen molar-refractivity contribution in [2.24, 2.45) is 0 Å². The number of aryl methyl sites for hydroxylation is 1. The highest BCUT2D eigenvalue weighted by Crippen LogP contribution is 2.17. The number of pyridine rings is 1. The topological polar surface area (TPSA) is 88.3 Å². The van der Waals surface area contributed by atoms with Gasteiger partial charge in [0.05, 0.1) is 11.5 Å². The summed E-state index contributed by atoms with van der Waals surface area (Å²) < 4.78 is 0. The molecule has 1 aromatic rings. The summed E-state index contributed by atoms with van der Waals surface area (Å²) in [4.78, 5) is 13.8. The summed E-state index contributed by atoms with van der Waals surface area (Å²) >= 11 is 0. The van der Waals surface area contributed by atoms with E-state index in [1.165, 1.54) is 12.3 Å². The van der Waals surface area contributed by atoms with Gasteiger partial charge in [0, 0.05) is 12.6 Å². The molecule has 1 rings (SSSR count). The van der Waals surface area contributed by atoms with E-state index in [9.17, 15) is 10.1 Å². The standard InChI is InChI=1S/C8H11N3O3/c1-6-4-7(11(13)14)5-10-8(6)9-2-3-12/h4-5,12H,2-3H2,1H3,(H,9,10). The van der Waals surface area contributed by atoms with Crippen LogP contribution in [0.1, 0.15) is 5.56 Å². The van der Waals surface area contributed by atoms with E-state index >= 15 is 0 Å². The summed E-state index contributed by atoms with van der Waals surface area (Å²) in [5, 5.41) is 21.8. The quantitative estimate of drug-likeness (QED) is 0.548. The first-order chi connectivity index (χ1) is 6.65. The molecule has 1 aromatic heterocycles. The fourth-order valence-electron chi connectivity index (χ4n) is 1.02. The third-order valence-electron chi connectivity index (χ3n) is 1.68. The van der Waals surface area contributed by atoms with Crippen molar-refractivity contribution in [2.45, 2.75) is 6.92 Å². The van der Waals surface area contributed by atoms with Crippen molar-refractivity contribution in [3.8, 4) is 0 Å². The van der Waals surface area contributed by atoms with Gasteiger partial charge in [-0.05, 0) is 12.5 Å². The van der Waals surface area contributed by atoms with Gasteiger partial charge in [-0.2, -0.15) is 0 Å². The van der Waals surface area contributed by atoms with Crippen LogP contribution in [0.4, 0.5) is 11.5 Å². The number of aliphatic hydroxyl groups excluding tert-OH is 1. The lowest BCUT2D eigenvalue weighted by Gasteiger charge is -2.05. The van der Waals surface area contributed by atoms with Gasteiger partial charge in [-0.25, -0.2) is 4.98 Å². The molecule has 0 aliphatic carbocycles. The Labute approximate surface area is 80.7 Å². The van der Waals surface area contributed by atoms with Gasteiger partial charge < -0.3 is 10.4 Å². The van der Waals surface area contributed by atoms with E-state index in [-0.39, 0.29) is 12.3 Å². The number of aliphatic hydroxyl groups is 1. The Balaban J connectivity index is 2.84. The van der Waals surface area contributed by atoms with Crippen LogP contribution in [0.15, 0.2) is 12.3 Å². The lowest BCUT2D eigenvalue weighted by molar-refractivity contribution is -0.385. The second-order valence-electron chi connectivity index (χ2n) is 2.77. The Morgan fingerprint density at radius 3 is 2.93 bits per heavy atom. The minimum Gasteiger partial charge on any atom is -0.395 e. The zero-order valence-electron chi connectivity index (χ0n) is 7.73. The SMILES string of the molecule is Cc1cc([N+](=O)[O-])cnc1NCCO. The largest absolute Gasteiger partial charge is 0.395 e. The summed E-state index contributed by atoms with van der Waals surface area (Å²) in [5.74, 6) is 0.560. The molecule has 0 spiro atoms. The van der Waals surface area contributed by atoms with E-state index in [0.29, 0.717) is 17.9 Å². The molecule has 6 heteroatoms. The number of nitrogens with one attached hydrogen (secondary N) is 1. The number of nitrogens with zero attached hydrogens (tertiary/aromatic N) is 2. The average molecular weight is 197 g/mol. The van der Waals surface area contributed by atoms with E-state index < -0.39 is 4.92 Å². The number of rotatable bonds is 4. The van der Waals surface area contributed by atoms with Crippen LogP contribution in [0.3, 0.4) is 0 Å². The van der Waals surface area contributed by atoms with Crippen molar-refractivity contribution < 1.29 is 10.0 Å². The molecule has 6 nitrogen and oxygen atoms in total. The van der Waals surface area contributed by atoms with E-state index in [2.05, 4.69) is 10.3 Å². The maximum Gasteiger partial charge on any atom is 0.287 e. The molecular formula is C8H11N3O3. The van der Waals surface area contributed by atoms with Crippen molar-refractivity contribution >= 4 is 11.5 Å². The van der Waals surface area contributed by atoms with Crippen molar-refractivity contribution in [1.82, 2.24) is 4.98 Å². The number of hydrogen-bond acceptors (Lipinski definition) is 5.